The average Bonchev–Trinajstić information content (AvgIpc) is 2.36. The highest BCUT2D eigenvalue weighted by molar-refractivity contribution is 5.47. The van der Waals surface area contributed by atoms with E-state index in [4.69, 9.17) is 5.84 Å². The normalized spacial score (nSPS) is 12.5. The van der Waals surface area contributed by atoms with Crippen LogP contribution in [0.3, 0.4) is 0 Å². The number of rotatable bonds is 8. The summed E-state index contributed by atoms with van der Waals surface area (Å²) in [5, 5.41) is 3.42. The van der Waals surface area contributed by atoms with Gasteiger partial charge in [0.15, 0.2) is 0 Å². The van der Waals surface area contributed by atoms with Gasteiger partial charge in [-0.25, -0.2) is 15.8 Å². The number of hydrogen-bond acceptors (Lipinski definition) is 5. The second kappa shape index (κ2) is 7.94. The molecule has 19 heavy (non-hydrogen) atoms. The number of anilines is 2. The molecule has 4 N–H and O–H groups in total. The van der Waals surface area contributed by atoms with Crippen molar-refractivity contribution < 1.29 is 0 Å². The summed E-state index contributed by atoms with van der Waals surface area (Å²) in [5.74, 6) is 8.52. The molecule has 0 aliphatic carbocycles. The van der Waals surface area contributed by atoms with Crippen LogP contribution in [-0.2, 0) is 6.42 Å². The predicted molar refractivity (Wildman–Crippen MR) is 81.0 cm³/mol. The van der Waals surface area contributed by atoms with Crippen LogP contribution in [0.4, 0.5) is 11.6 Å². The maximum Gasteiger partial charge on any atom is 0.145 e. The summed E-state index contributed by atoms with van der Waals surface area (Å²) in [4.78, 5) is 8.86. The van der Waals surface area contributed by atoms with E-state index in [0.29, 0.717) is 11.9 Å². The molecule has 5 nitrogen and oxygen atoms in total. The highest BCUT2D eigenvalue weighted by Crippen LogP contribution is 2.15. The Kier molecular flexibility index (Phi) is 6.56. The summed E-state index contributed by atoms with van der Waals surface area (Å²) in [6, 6.07) is 2.25. The van der Waals surface area contributed by atoms with Gasteiger partial charge in [-0.05, 0) is 32.1 Å². The number of nitrogens with zero attached hydrogens (tertiary/aromatic N) is 2. The Morgan fingerprint density at radius 3 is 2.42 bits per heavy atom. The summed E-state index contributed by atoms with van der Waals surface area (Å²) < 4.78 is 0. The molecule has 108 valence electrons. The van der Waals surface area contributed by atoms with Crippen molar-refractivity contribution in [2.75, 3.05) is 10.7 Å². The zero-order valence-corrected chi connectivity index (χ0v) is 12.5. The third-order valence-electron chi connectivity index (χ3n) is 2.97. The number of nitrogens with two attached hydrogens (primary N) is 1. The lowest BCUT2D eigenvalue weighted by Crippen LogP contribution is -2.18. The number of aromatic nitrogens is 2. The molecule has 0 amide bonds. The van der Waals surface area contributed by atoms with E-state index in [9.17, 15) is 0 Å². The van der Waals surface area contributed by atoms with E-state index in [2.05, 4.69) is 48.4 Å². The van der Waals surface area contributed by atoms with Gasteiger partial charge in [0.1, 0.15) is 17.5 Å². The Bertz CT molecular complexity index is 378. The standard InChI is InChI=1S/C14H27N5/c1-5-6-12-17-13(9-14(18-12)19-15)16-11(4)8-7-10(2)3/h9-11H,5-8,15H2,1-4H3,(H2,16,17,18,19). The minimum atomic E-state index is 0.400. The molecule has 0 aliphatic heterocycles. The molecule has 5 heteroatoms. The molecule has 1 aromatic rings. The third-order valence-corrected chi connectivity index (χ3v) is 2.97. The number of nitrogens with one attached hydrogen (secondary N) is 2. The summed E-state index contributed by atoms with van der Waals surface area (Å²) in [7, 11) is 0. The zero-order valence-electron chi connectivity index (χ0n) is 12.5. The molecule has 1 atom stereocenters. The fourth-order valence-corrected chi connectivity index (χ4v) is 1.89. The van der Waals surface area contributed by atoms with Crippen molar-refractivity contribution in [3.05, 3.63) is 11.9 Å². The van der Waals surface area contributed by atoms with Crippen LogP contribution in [0.1, 0.15) is 52.8 Å². The van der Waals surface area contributed by atoms with Gasteiger partial charge in [-0.3, -0.25) is 0 Å². The first-order chi connectivity index (χ1) is 9.05. The topological polar surface area (TPSA) is 75.9 Å². The number of hydrogen-bond donors (Lipinski definition) is 3. The first kappa shape index (κ1) is 15.7. The van der Waals surface area contributed by atoms with Gasteiger partial charge in [0.2, 0.25) is 0 Å². The van der Waals surface area contributed by atoms with Gasteiger partial charge in [0.05, 0.1) is 0 Å². The Hall–Kier alpha value is -1.36. The number of aryl methyl sites for hydroxylation is 1. The average molecular weight is 265 g/mol. The molecule has 0 aromatic carbocycles. The minimum absolute atomic E-state index is 0.400. The molecule has 0 fully saturated rings. The first-order valence-corrected chi connectivity index (χ1v) is 7.16. The van der Waals surface area contributed by atoms with Gasteiger partial charge in [-0.1, -0.05) is 20.8 Å². The summed E-state index contributed by atoms with van der Waals surface area (Å²) in [6.07, 6.45) is 4.24. The van der Waals surface area contributed by atoms with Crippen molar-refractivity contribution >= 4 is 11.6 Å². The summed E-state index contributed by atoms with van der Waals surface area (Å²) >= 11 is 0. The molecular formula is C14H27N5. The lowest BCUT2D eigenvalue weighted by Gasteiger charge is -2.16. The fraction of sp³-hybridized carbons (Fsp3) is 0.714. The molecular weight excluding hydrogens is 238 g/mol. The Morgan fingerprint density at radius 1 is 1.16 bits per heavy atom. The molecule has 1 heterocycles. The molecule has 1 aromatic heterocycles. The molecule has 0 radical (unpaired) electrons. The van der Waals surface area contributed by atoms with E-state index >= 15 is 0 Å². The SMILES string of the molecule is CCCc1nc(NN)cc(NC(C)CCC(C)C)n1. The lowest BCUT2D eigenvalue weighted by molar-refractivity contribution is 0.527. The van der Waals surface area contributed by atoms with Crippen molar-refractivity contribution in [3.63, 3.8) is 0 Å². The predicted octanol–water partition coefficient (Wildman–Crippen LogP) is 2.95. The van der Waals surface area contributed by atoms with Crippen LogP contribution < -0.4 is 16.6 Å². The maximum atomic E-state index is 5.44. The smallest absolute Gasteiger partial charge is 0.145 e. The van der Waals surface area contributed by atoms with E-state index in [1.807, 2.05) is 6.07 Å². The third kappa shape index (κ3) is 5.87. The molecule has 1 unspecified atom stereocenters. The second-order valence-corrected chi connectivity index (χ2v) is 5.47. The quantitative estimate of drug-likeness (QED) is 0.497. The van der Waals surface area contributed by atoms with Crippen molar-refractivity contribution in [3.8, 4) is 0 Å². The van der Waals surface area contributed by atoms with E-state index in [0.717, 1.165) is 36.8 Å². The first-order valence-electron chi connectivity index (χ1n) is 7.16. The summed E-state index contributed by atoms with van der Waals surface area (Å²) in [5.41, 5.74) is 2.60. The molecule has 0 aliphatic rings. The monoisotopic (exact) mass is 265 g/mol. The Labute approximate surface area is 116 Å². The zero-order chi connectivity index (χ0) is 14.3. The summed E-state index contributed by atoms with van der Waals surface area (Å²) in [6.45, 7) is 8.78. The van der Waals surface area contributed by atoms with Crippen LogP contribution in [0.25, 0.3) is 0 Å². The van der Waals surface area contributed by atoms with E-state index in [1.54, 1.807) is 0 Å². The van der Waals surface area contributed by atoms with E-state index < -0.39 is 0 Å². The minimum Gasteiger partial charge on any atom is -0.367 e. The van der Waals surface area contributed by atoms with Crippen LogP contribution in [0.5, 0.6) is 0 Å². The van der Waals surface area contributed by atoms with Gasteiger partial charge < -0.3 is 10.7 Å². The second-order valence-electron chi connectivity index (χ2n) is 5.47. The Morgan fingerprint density at radius 2 is 1.84 bits per heavy atom. The van der Waals surface area contributed by atoms with Crippen molar-refractivity contribution in [2.24, 2.45) is 11.8 Å². The molecule has 0 spiro atoms. The van der Waals surface area contributed by atoms with Crippen LogP contribution >= 0.6 is 0 Å². The molecule has 0 bridgehead atoms. The molecule has 0 saturated heterocycles. The van der Waals surface area contributed by atoms with E-state index in [1.165, 1.54) is 6.42 Å². The van der Waals surface area contributed by atoms with Crippen LogP contribution in [-0.4, -0.2) is 16.0 Å². The fourth-order valence-electron chi connectivity index (χ4n) is 1.89. The van der Waals surface area contributed by atoms with Gasteiger partial charge in [0, 0.05) is 18.5 Å². The molecule has 0 saturated carbocycles. The van der Waals surface area contributed by atoms with Crippen LogP contribution in [0.15, 0.2) is 6.07 Å². The van der Waals surface area contributed by atoms with Gasteiger partial charge in [-0.2, -0.15) is 0 Å². The van der Waals surface area contributed by atoms with Gasteiger partial charge >= 0.3 is 0 Å². The Balaban J connectivity index is 2.67. The van der Waals surface area contributed by atoms with Crippen LogP contribution in [0.2, 0.25) is 0 Å². The van der Waals surface area contributed by atoms with Gasteiger partial charge in [0.25, 0.3) is 0 Å². The molecule has 1 rings (SSSR count). The highest BCUT2D eigenvalue weighted by atomic mass is 15.3. The number of hydrazine groups is 1. The van der Waals surface area contributed by atoms with Gasteiger partial charge in [-0.15, -0.1) is 0 Å². The number of nitrogen functional groups attached to an aromatic ring is 1. The largest absolute Gasteiger partial charge is 0.367 e. The van der Waals surface area contributed by atoms with Crippen LogP contribution in [0, 0.1) is 5.92 Å². The van der Waals surface area contributed by atoms with Crippen molar-refractivity contribution in [2.45, 2.75) is 59.4 Å². The lowest BCUT2D eigenvalue weighted by atomic mass is 10.0. The highest BCUT2D eigenvalue weighted by Gasteiger charge is 2.07. The van der Waals surface area contributed by atoms with Crippen molar-refractivity contribution in [1.29, 1.82) is 0 Å². The van der Waals surface area contributed by atoms with E-state index in [-0.39, 0.29) is 0 Å². The van der Waals surface area contributed by atoms with Crippen molar-refractivity contribution in [1.82, 2.24) is 9.97 Å². The maximum absolute atomic E-state index is 5.44.